The fraction of sp³-hybridized carbons (Fsp3) is 0.333. The molecule has 5 rings (SSSR count). The van der Waals surface area contributed by atoms with E-state index in [4.69, 9.17) is 0 Å². The summed E-state index contributed by atoms with van der Waals surface area (Å²) in [5.41, 5.74) is 4.84. The van der Waals surface area contributed by atoms with Gasteiger partial charge in [-0.15, -0.1) is 0 Å². The summed E-state index contributed by atoms with van der Waals surface area (Å²) in [7, 11) is 0. The van der Waals surface area contributed by atoms with Gasteiger partial charge in [-0.3, -0.25) is 14.5 Å². The van der Waals surface area contributed by atoms with Crippen molar-refractivity contribution in [2.24, 2.45) is 0 Å². The van der Waals surface area contributed by atoms with E-state index in [0.29, 0.717) is 11.3 Å². The second-order valence-electron chi connectivity index (χ2n) is 9.94. The monoisotopic (exact) mass is 500 g/mol. The number of nitrogens with one attached hydrogen (secondary N) is 1. The maximum Gasteiger partial charge on any atom is 0.256 e. The van der Waals surface area contributed by atoms with E-state index in [1.165, 1.54) is 29.3 Å². The third kappa shape index (κ3) is 6.00. The van der Waals surface area contributed by atoms with E-state index in [2.05, 4.69) is 46.3 Å². The molecule has 3 aromatic carbocycles. The molecule has 7 heteroatoms. The topological polar surface area (TPSA) is 55.9 Å². The molecule has 2 aliphatic rings. The van der Waals surface area contributed by atoms with Crippen LogP contribution in [0.5, 0.6) is 0 Å². The van der Waals surface area contributed by atoms with Crippen molar-refractivity contribution in [2.75, 3.05) is 49.5 Å². The molecule has 0 spiro atoms. The number of anilines is 2. The highest BCUT2D eigenvalue weighted by molar-refractivity contribution is 6.06. The van der Waals surface area contributed by atoms with Crippen LogP contribution < -0.4 is 10.2 Å². The third-order valence-corrected chi connectivity index (χ3v) is 7.20. The minimum Gasteiger partial charge on any atom is -0.368 e. The zero-order valence-electron chi connectivity index (χ0n) is 21.3. The highest BCUT2D eigenvalue weighted by Gasteiger charge is 2.26. The lowest BCUT2D eigenvalue weighted by molar-refractivity contribution is 0.0793. The molecule has 1 N–H and O–H groups in total. The lowest BCUT2D eigenvalue weighted by Crippen LogP contribution is -2.46. The first-order chi connectivity index (χ1) is 18.0. The zero-order valence-corrected chi connectivity index (χ0v) is 21.3. The van der Waals surface area contributed by atoms with Crippen LogP contribution in [-0.4, -0.2) is 60.9 Å². The first kappa shape index (κ1) is 25.0. The Morgan fingerprint density at radius 2 is 1.59 bits per heavy atom. The molecule has 0 saturated carbocycles. The predicted molar refractivity (Wildman–Crippen MR) is 145 cm³/mol. The van der Waals surface area contributed by atoms with Crippen molar-refractivity contribution in [1.82, 2.24) is 9.80 Å². The molecule has 0 radical (unpaired) electrons. The van der Waals surface area contributed by atoms with Crippen LogP contribution in [0.25, 0.3) is 0 Å². The molecule has 2 aliphatic heterocycles. The molecule has 3 aromatic rings. The van der Waals surface area contributed by atoms with E-state index in [-0.39, 0.29) is 11.5 Å². The van der Waals surface area contributed by atoms with Crippen molar-refractivity contribution in [3.8, 4) is 0 Å². The highest BCUT2D eigenvalue weighted by Crippen LogP contribution is 2.29. The number of nitrogens with zero attached hydrogens (tertiary/aromatic N) is 3. The quantitative estimate of drug-likeness (QED) is 0.521. The maximum atomic E-state index is 13.6. The number of carbonyl (C=O) groups excluding carboxylic acids is 2. The van der Waals surface area contributed by atoms with Gasteiger partial charge in [0, 0.05) is 62.8 Å². The van der Waals surface area contributed by atoms with Gasteiger partial charge in [0.1, 0.15) is 5.82 Å². The van der Waals surface area contributed by atoms with Crippen LogP contribution in [0.4, 0.5) is 15.8 Å². The van der Waals surface area contributed by atoms with E-state index >= 15 is 0 Å². The number of hydrogen-bond donors (Lipinski definition) is 1. The van der Waals surface area contributed by atoms with E-state index in [1.807, 2.05) is 17.0 Å². The van der Waals surface area contributed by atoms with Crippen molar-refractivity contribution < 1.29 is 14.0 Å². The number of amides is 2. The van der Waals surface area contributed by atoms with E-state index in [9.17, 15) is 14.0 Å². The van der Waals surface area contributed by atoms with Gasteiger partial charge in [0.05, 0.1) is 5.56 Å². The second kappa shape index (κ2) is 11.1. The molecule has 2 heterocycles. The lowest BCUT2D eigenvalue weighted by atomic mass is 10.1. The molecule has 0 atom stereocenters. The first-order valence-electron chi connectivity index (χ1n) is 13.0. The number of likely N-dealkylation sites (tertiary alicyclic amines) is 1. The fourth-order valence-corrected chi connectivity index (χ4v) is 5.08. The number of hydrogen-bond acceptors (Lipinski definition) is 4. The van der Waals surface area contributed by atoms with Gasteiger partial charge in [-0.1, -0.05) is 35.9 Å². The molecule has 0 bridgehead atoms. The summed E-state index contributed by atoms with van der Waals surface area (Å²) in [4.78, 5) is 32.8. The summed E-state index contributed by atoms with van der Waals surface area (Å²) < 4.78 is 13.6. The Hall–Kier alpha value is -3.71. The fourth-order valence-electron chi connectivity index (χ4n) is 5.08. The Morgan fingerprint density at radius 1 is 0.865 bits per heavy atom. The van der Waals surface area contributed by atoms with Crippen LogP contribution in [0.1, 0.15) is 44.7 Å². The minimum absolute atomic E-state index is 0.00330. The Bertz CT molecular complexity index is 1260. The summed E-state index contributed by atoms with van der Waals surface area (Å²) in [5, 5.41) is 2.84. The Labute approximate surface area is 217 Å². The summed E-state index contributed by atoms with van der Waals surface area (Å²) in [6.45, 7) is 7.97. The molecule has 37 heavy (non-hydrogen) atoms. The minimum atomic E-state index is -0.464. The molecule has 2 amide bonds. The van der Waals surface area contributed by atoms with Gasteiger partial charge in [-0.2, -0.15) is 0 Å². The van der Waals surface area contributed by atoms with Crippen LogP contribution in [0.2, 0.25) is 0 Å². The van der Waals surface area contributed by atoms with Gasteiger partial charge in [-0.25, -0.2) is 4.39 Å². The molecular formula is C30H33FN4O2. The van der Waals surface area contributed by atoms with Crippen LogP contribution in [-0.2, 0) is 6.54 Å². The van der Waals surface area contributed by atoms with Gasteiger partial charge in [0.25, 0.3) is 11.8 Å². The summed E-state index contributed by atoms with van der Waals surface area (Å²) in [5.74, 6) is -0.873. The van der Waals surface area contributed by atoms with Crippen molar-refractivity contribution >= 4 is 23.2 Å². The summed E-state index contributed by atoms with van der Waals surface area (Å²) in [6.07, 6.45) is 2.02. The predicted octanol–water partition coefficient (Wildman–Crippen LogP) is 4.94. The van der Waals surface area contributed by atoms with Gasteiger partial charge >= 0.3 is 0 Å². The van der Waals surface area contributed by atoms with Gasteiger partial charge in [-0.05, 0) is 61.7 Å². The van der Waals surface area contributed by atoms with Crippen LogP contribution >= 0.6 is 0 Å². The van der Waals surface area contributed by atoms with Gasteiger partial charge in [0.15, 0.2) is 0 Å². The van der Waals surface area contributed by atoms with Gasteiger partial charge in [0.2, 0.25) is 0 Å². The Kier molecular flexibility index (Phi) is 7.51. The molecule has 6 nitrogen and oxygen atoms in total. The average molecular weight is 501 g/mol. The standard InChI is InChI=1S/C30H33FN4O2/c1-22-7-9-23(10-8-22)21-33-15-17-34(18-16-33)28-12-11-26(20-27(28)30(37)35-13-2-3-14-35)32-29(36)24-5-4-6-25(31)19-24/h4-12,19-20H,2-3,13-18,21H2,1H3,(H,32,36). The molecule has 0 aliphatic carbocycles. The molecule has 2 fully saturated rings. The second-order valence-corrected chi connectivity index (χ2v) is 9.94. The number of rotatable bonds is 6. The third-order valence-electron chi connectivity index (χ3n) is 7.20. The van der Waals surface area contributed by atoms with Crippen LogP contribution in [0.15, 0.2) is 66.7 Å². The Morgan fingerprint density at radius 3 is 2.30 bits per heavy atom. The number of benzene rings is 3. The van der Waals surface area contributed by atoms with Gasteiger partial charge < -0.3 is 15.1 Å². The van der Waals surface area contributed by atoms with E-state index in [0.717, 1.165) is 64.3 Å². The number of carbonyl (C=O) groups is 2. The zero-order chi connectivity index (χ0) is 25.8. The van der Waals surface area contributed by atoms with Crippen molar-refractivity contribution in [3.05, 3.63) is 94.8 Å². The molecular weight excluding hydrogens is 467 g/mol. The van der Waals surface area contributed by atoms with Crippen molar-refractivity contribution in [1.29, 1.82) is 0 Å². The van der Waals surface area contributed by atoms with Crippen LogP contribution in [0, 0.1) is 12.7 Å². The molecule has 2 saturated heterocycles. The molecule has 192 valence electrons. The Balaban J connectivity index is 1.33. The highest BCUT2D eigenvalue weighted by atomic mass is 19.1. The number of aryl methyl sites for hydroxylation is 1. The van der Waals surface area contributed by atoms with Crippen molar-refractivity contribution in [2.45, 2.75) is 26.3 Å². The van der Waals surface area contributed by atoms with Crippen molar-refractivity contribution in [3.63, 3.8) is 0 Å². The summed E-state index contributed by atoms with van der Waals surface area (Å²) in [6, 6.07) is 19.8. The summed E-state index contributed by atoms with van der Waals surface area (Å²) >= 11 is 0. The molecule has 0 aromatic heterocycles. The van der Waals surface area contributed by atoms with Crippen LogP contribution in [0.3, 0.4) is 0 Å². The smallest absolute Gasteiger partial charge is 0.256 e. The lowest BCUT2D eigenvalue weighted by Gasteiger charge is -2.37. The largest absolute Gasteiger partial charge is 0.368 e. The average Bonchev–Trinajstić information content (AvgIpc) is 3.45. The number of piperazine rings is 1. The van der Waals surface area contributed by atoms with E-state index in [1.54, 1.807) is 12.1 Å². The number of halogens is 1. The first-order valence-corrected chi connectivity index (χ1v) is 13.0. The SMILES string of the molecule is Cc1ccc(CN2CCN(c3ccc(NC(=O)c4cccc(F)c4)cc3C(=O)N3CCCC3)CC2)cc1. The van der Waals surface area contributed by atoms with E-state index < -0.39 is 11.7 Å². The molecule has 0 unspecified atom stereocenters. The normalized spacial score (nSPS) is 16.2. The maximum absolute atomic E-state index is 13.6.